The maximum Gasteiger partial charge on any atom is 0.315 e. The first-order valence-corrected chi connectivity index (χ1v) is 6.42. The van der Waals surface area contributed by atoms with Gasteiger partial charge in [0.25, 0.3) is 0 Å². The average Bonchev–Trinajstić information content (AvgIpc) is 2.37. The van der Waals surface area contributed by atoms with Crippen LogP contribution >= 0.6 is 0 Å². The van der Waals surface area contributed by atoms with E-state index in [1.807, 2.05) is 30.3 Å². The summed E-state index contributed by atoms with van der Waals surface area (Å²) >= 11 is 0. The van der Waals surface area contributed by atoms with Crippen molar-refractivity contribution in [2.45, 2.75) is 32.9 Å². The van der Waals surface area contributed by atoms with Gasteiger partial charge < -0.3 is 16.4 Å². The van der Waals surface area contributed by atoms with E-state index in [0.717, 1.165) is 12.0 Å². The van der Waals surface area contributed by atoms with Gasteiger partial charge in [0.2, 0.25) is 0 Å². The third kappa shape index (κ3) is 5.19. The fourth-order valence-corrected chi connectivity index (χ4v) is 1.75. The molecule has 0 radical (unpaired) electrons. The minimum Gasteiger partial charge on any atom is -0.335 e. The molecule has 0 saturated carbocycles. The SMILES string of the molecule is CC(C)C(CCN)NC(=O)NCc1ccccc1. The lowest BCUT2D eigenvalue weighted by Crippen LogP contribution is -2.45. The van der Waals surface area contributed by atoms with Crippen molar-refractivity contribution in [3.05, 3.63) is 35.9 Å². The Bertz CT molecular complexity index is 351. The number of carbonyl (C=O) groups is 1. The average molecular weight is 249 g/mol. The van der Waals surface area contributed by atoms with Crippen molar-refractivity contribution in [2.24, 2.45) is 11.7 Å². The molecule has 0 aliphatic heterocycles. The Labute approximate surface area is 109 Å². The molecule has 18 heavy (non-hydrogen) atoms. The lowest BCUT2D eigenvalue weighted by molar-refractivity contribution is 0.231. The van der Waals surface area contributed by atoms with E-state index in [0.29, 0.717) is 19.0 Å². The number of nitrogens with one attached hydrogen (secondary N) is 2. The van der Waals surface area contributed by atoms with Gasteiger partial charge in [-0.3, -0.25) is 0 Å². The van der Waals surface area contributed by atoms with E-state index >= 15 is 0 Å². The Balaban J connectivity index is 2.36. The molecular formula is C14H23N3O. The van der Waals surface area contributed by atoms with Gasteiger partial charge in [0, 0.05) is 12.6 Å². The van der Waals surface area contributed by atoms with Gasteiger partial charge in [0.15, 0.2) is 0 Å². The van der Waals surface area contributed by atoms with Gasteiger partial charge in [0.1, 0.15) is 0 Å². The molecule has 1 aromatic rings. The smallest absolute Gasteiger partial charge is 0.315 e. The second kappa shape index (κ2) is 7.71. The third-order valence-electron chi connectivity index (χ3n) is 2.89. The first-order valence-electron chi connectivity index (χ1n) is 6.42. The summed E-state index contributed by atoms with van der Waals surface area (Å²) < 4.78 is 0. The molecule has 0 bridgehead atoms. The Morgan fingerprint density at radius 1 is 1.28 bits per heavy atom. The number of carbonyl (C=O) groups excluding carboxylic acids is 1. The van der Waals surface area contributed by atoms with Crippen LogP contribution in [0.5, 0.6) is 0 Å². The van der Waals surface area contributed by atoms with E-state index in [1.165, 1.54) is 0 Å². The number of benzene rings is 1. The second-order valence-electron chi connectivity index (χ2n) is 4.74. The van der Waals surface area contributed by atoms with E-state index in [2.05, 4.69) is 24.5 Å². The molecule has 100 valence electrons. The predicted molar refractivity (Wildman–Crippen MR) is 74.1 cm³/mol. The quantitative estimate of drug-likeness (QED) is 0.720. The lowest BCUT2D eigenvalue weighted by Gasteiger charge is -2.21. The van der Waals surface area contributed by atoms with Gasteiger partial charge in [-0.15, -0.1) is 0 Å². The molecule has 1 unspecified atom stereocenters. The van der Waals surface area contributed by atoms with Crippen LogP contribution in [0.4, 0.5) is 4.79 Å². The number of hydrogen-bond acceptors (Lipinski definition) is 2. The van der Waals surface area contributed by atoms with E-state index in [4.69, 9.17) is 5.73 Å². The highest BCUT2D eigenvalue weighted by molar-refractivity contribution is 5.74. The van der Waals surface area contributed by atoms with Gasteiger partial charge in [-0.25, -0.2) is 4.79 Å². The number of nitrogens with two attached hydrogens (primary N) is 1. The number of hydrogen-bond donors (Lipinski definition) is 3. The number of rotatable bonds is 6. The summed E-state index contributed by atoms with van der Waals surface area (Å²) in [5, 5.41) is 5.81. The molecule has 2 amide bonds. The Kier molecular flexibility index (Phi) is 6.22. The summed E-state index contributed by atoms with van der Waals surface area (Å²) in [6, 6.07) is 9.84. The minimum absolute atomic E-state index is 0.130. The summed E-state index contributed by atoms with van der Waals surface area (Å²) in [4.78, 5) is 11.7. The van der Waals surface area contributed by atoms with Crippen molar-refractivity contribution in [2.75, 3.05) is 6.54 Å². The zero-order chi connectivity index (χ0) is 13.4. The fraction of sp³-hybridized carbons (Fsp3) is 0.500. The molecule has 0 aromatic heterocycles. The molecule has 0 aliphatic carbocycles. The van der Waals surface area contributed by atoms with E-state index < -0.39 is 0 Å². The zero-order valence-electron chi connectivity index (χ0n) is 11.1. The minimum atomic E-state index is -0.133. The molecule has 4 nitrogen and oxygen atoms in total. The maximum absolute atomic E-state index is 11.7. The molecule has 0 aliphatic rings. The van der Waals surface area contributed by atoms with Gasteiger partial charge in [-0.1, -0.05) is 44.2 Å². The van der Waals surface area contributed by atoms with Gasteiger partial charge >= 0.3 is 6.03 Å². The van der Waals surface area contributed by atoms with Crippen molar-refractivity contribution < 1.29 is 4.79 Å². The predicted octanol–water partition coefficient (Wildman–Crippen LogP) is 1.86. The van der Waals surface area contributed by atoms with Gasteiger partial charge in [-0.2, -0.15) is 0 Å². The molecule has 1 atom stereocenters. The summed E-state index contributed by atoms with van der Waals surface area (Å²) in [7, 11) is 0. The molecular weight excluding hydrogens is 226 g/mol. The number of urea groups is 1. The summed E-state index contributed by atoms with van der Waals surface area (Å²) in [5.74, 6) is 0.385. The molecule has 0 fully saturated rings. The van der Waals surface area contributed by atoms with E-state index in [9.17, 15) is 4.79 Å². The van der Waals surface area contributed by atoms with Crippen molar-refractivity contribution in [1.29, 1.82) is 0 Å². The normalized spacial score (nSPS) is 12.2. The van der Waals surface area contributed by atoms with Crippen LogP contribution in [-0.2, 0) is 6.54 Å². The summed E-state index contributed by atoms with van der Waals surface area (Å²) in [5.41, 5.74) is 6.63. The Morgan fingerprint density at radius 2 is 1.94 bits per heavy atom. The van der Waals surface area contributed by atoms with Gasteiger partial charge in [0.05, 0.1) is 0 Å². The molecule has 1 rings (SSSR count). The fourth-order valence-electron chi connectivity index (χ4n) is 1.75. The highest BCUT2D eigenvalue weighted by atomic mass is 16.2. The lowest BCUT2D eigenvalue weighted by atomic mass is 10.0. The van der Waals surface area contributed by atoms with Crippen molar-refractivity contribution in [3.63, 3.8) is 0 Å². The van der Waals surface area contributed by atoms with Gasteiger partial charge in [-0.05, 0) is 24.4 Å². The largest absolute Gasteiger partial charge is 0.335 e. The van der Waals surface area contributed by atoms with E-state index in [1.54, 1.807) is 0 Å². The molecule has 0 spiro atoms. The molecule has 0 saturated heterocycles. The van der Waals surface area contributed by atoms with Crippen LogP contribution in [0, 0.1) is 5.92 Å². The second-order valence-corrected chi connectivity index (χ2v) is 4.74. The van der Waals surface area contributed by atoms with Crippen molar-refractivity contribution >= 4 is 6.03 Å². The topological polar surface area (TPSA) is 67.1 Å². The number of amides is 2. The molecule has 0 heterocycles. The van der Waals surface area contributed by atoms with Crippen molar-refractivity contribution in [3.8, 4) is 0 Å². The standard InChI is InChI=1S/C14H23N3O/c1-11(2)13(8-9-15)17-14(18)16-10-12-6-4-3-5-7-12/h3-7,11,13H,8-10,15H2,1-2H3,(H2,16,17,18). The van der Waals surface area contributed by atoms with Crippen LogP contribution in [0.25, 0.3) is 0 Å². The summed E-state index contributed by atoms with van der Waals surface area (Å²) in [6.07, 6.45) is 0.802. The molecule has 1 aromatic carbocycles. The van der Waals surface area contributed by atoms with Crippen LogP contribution < -0.4 is 16.4 Å². The molecule has 4 heteroatoms. The third-order valence-corrected chi connectivity index (χ3v) is 2.89. The van der Waals surface area contributed by atoms with Crippen LogP contribution in [-0.4, -0.2) is 18.6 Å². The Morgan fingerprint density at radius 3 is 2.50 bits per heavy atom. The maximum atomic E-state index is 11.7. The van der Waals surface area contributed by atoms with E-state index in [-0.39, 0.29) is 12.1 Å². The Hall–Kier alpha value is -1.55. The molecule has 4 N–H and O–H groups in total. The van der Waals surface area contributed by atoms with Crippen LogP contribution in [0.3, 0.4) is 0 Å². The van der Waals surface area contributed by atoms with Crippen LogP contribution in [0.15, 0.2) is 30.3 Å². The first kappa shape index (κ1) is 14.5. The zero-order valence-corrected chi connectivity index (χ0v) is 11.1. The highest BCUT2D eigenvalue weighted by Crippen LogP contribution is 2.05. The first-order chi connectivity index (χ1) is 8.63. The monoisotopic (exact) mass is 249 g/mol. The highest BCUT2D eigenvalue weighted by Gasteiger charge is 2.14. The van der Waals surface area contributed by atoms with Crippen LogP contribution in [0.2, 0.25) is 0 Å². The van der Waals surface area contributed by atoms with Crippen LogP contribution in [0.1, 0.15) is 25.8 Å². The van der Waals surface area contributed by atoms with Crippen molar-refractivity contribution in [1.82, 2.24) is 10.6 Å². The summed E-state index contributed by atoms with van der Waals surface area (Å²) in [6.45, 7) is 5.29.